The second kappa shape index (κ2) is 12.3. The van der Waals surface area contributed by atoms with Crippen molar-refractivity contribution < 1.29 is 24.2 Å². The number of amides is 2. The van der Waals surface area contributed by atoms with Gasteiger partial charge in [0.05, 0.1) is 35.8 Å². The lowest BCUT2D eigenvalue weighted by Crippen LogP contribution is -2.60. The van der Waals surface area contributed by atoms with Gasteiger partial charge in [0.25, 0.3) is 0 Å². The highest BCUT2D eigenvalue weighted by Gasteiger charge is 2.78. The molecule has 0 aromatic heterocycles. The van der Waals surface area contributed by atoms with Crippen LogP contribution in [0, 0.1) is 11.8 Å². The van der Waals surface area contributed by atoms with Crippen LogP contribution in [0.5, 0.6) is 0 Å². The lowest BCUT2D eigenvalue weighted by molar-refractivity contribution is -0.156. The predicted molar refractivity (Wildman–Crippen MR) is 163 cm³/mol. The molecule has 6 atom stereocenters. The molecule has 224 valence electrons. The number of likely N-dealkylation sites (tertiary alicyclic amines) is 1. The Balaban J connectivity index is 1.75. The zero-order valence-electron chi connectivity index (χ0n) is 25.0. The fraction of sp³-hybridized carbons (Fsp3) is 0.606. The average Bonchev–Trinajstić information content (AvgIpc) is 3.50. The quantitative estimate of drug-likeness (QED) is 0.205. The summed E-state index contributed by atoms with van der Waals surface area (Å²) in [6, 6.07) is 8.30. The van der Waals surface area contributed by atoms with Crippen LogP contribution in [0.4, 0.5) is 0 Å². The first-order chi connectivity index (χ1) is 19.4. The summed E-state index contributed by atoms with van der Waals surface area (Å²) in [4.78, 5) is 46.3. The van der Waals surface area contributed by atoms with Gasteiger partial charge < -0.3 is 19.6 Å². The molecule has 3 aliphatic heterocycles. The number of aliphatic hydroxyl groups excluding tert-OH is 1. The minimum absolute atomic E-state index is 0.157. The van der Waals surface area contributed by atoms with Gasteiger partial charge in [-0.2, -0.15) is 0 Å². The van der Waals surface area contributed by atoms with Gasteiger partial charge >= 0.3 is 5.97 Å². The molecular formula is C33H46N2O5S. The summed E-state index contributed by atoms with van der Waals surface area (Å²) in [5.74, 6) is -2.07. The molecular weight excluding hydrogens is 536 g/mol. The Bertz CT molecular complexity index is 1150. The molecule has 1 N–H and O–H groups in total. The fourth-order valence-corrected chi connectivity index (χ4v) is 9.48. The summed E-state index contributed by atoms with van der Waals surface area (Å²) in [7, 11) is 0. The third kappa shape index (κ3) is 5.74. The van der Waals surface area contributed by atoms with E-state index in [4.69, 9.17) is 4.74 Å². The van der Waals surface area contributed by atoms with Crippen molar-refractivity contribution in [2.75, 3.05) is 19.8 Å². The topological polar surface area (TPSA) is 87.1 Å². The van der Waals surface area contributed by atoms with Crippen molar-refractivity contribution in [3.63, 3.8) is 0 Å². The maximum atomic E-state index is 14.7. The van der Waals surface area contributed by atoms with Crippen molar-refractivity contribution in [2.24, 2.45) is 11.8 Å². The first-order valence-electron chi connectivity index (χ1n) is 14.8. The molecule has 0 aliphatic carbocycles. The van der Waals surface area contributed by atoms with Crippen LogP contribution in [-0.2, 0) is 25.5 Å². The second-order valence-electron chi connectivity index (χ2n) is 12.9. The molecule has 2 unspecified atom stereocenters. The largest absolute Gasteiger partial charge is 0.465 e. The van der Waals surface area contributed by atoms with Crippen molar-refractivity contribution in [2.45, 2.75) is 93.3 Å². The number of carbonyl (C=O) groups excluding carboxylic acids is 3. The lowest BCUT2D eigenvalue weighted by atomic mass is 9.66. The molecule has 3 aliphatic rings. The Morgan fingerprint density at radius 2 is 1.90 bits per heavy atom. The van der Waals surface area contributed by atoms with Gasteiger partial charge in [-0.05, 0) is 71.8 Å². The molecule has 8 heteroatoms. The van der Waals surface area contributed by atoms with Gasteiger partial charge in [-0.25, -0.2) is 0 Å². The summed E-state index contributed by atoms with van der Waals surface area (Å²) in [6.45, 7) is 16.0. The van der Waals surface area contributed by atoms with Gasteiger partial charge in [-0.3, -0.25) is 14.4 Å². The number of rotatable bonds is 13. The van der Waals surface area contributed by atoms with Gasteiger partial charge in [-0.1, -0.05) is 42.5 Å². The number of aliphatic hydroxyl groups is 1. The van der Waals surface area contributed by atoms with E-state index in [9.17, 15) is 19.5 Å². The predicted octanol–water partition coefficient (Wildman–Crippen LogP) is 4.78. The molecule has 1 aromatic rings. The molecule has 1 spiro atoms. The smallest absolute Gasteiger partial charge is 0.311 e. The van der Waals surface area contributed by atoms with Crippen LogP contribution in [0.1, 0.15) is 65.4 Å². The minimum Gasteiger partial charge on any atom is -0.465 e. The number of carbonyl (C=O) groups is 3. The number of esters is 1. The number of fused-ring (bicyclic) bond motifs is 1. The van der Waals surface area contributed by atoms with E-state index in [0.29, 0.717) is 26.0 Å². The maximum absolute atomic E-state index is 14.7. The van der Waals surface area contributed by atoms with Crippen LogP contribution in [-0.4, -0.2) is 79.6 Å². The van der Waals surface area contributed by atoms with E-state index in [-0.39, 0.29) is 24.4 Å². The SMILES string of the molecule is C=CCCCCOC(=O)[C@@H]1[C@H]2C(=O)N([C@@H](CO)Cc3ccccc3)C(C(=O)N(CC=C)C(C)(C)C)C23CC[C@@]1(C)S3. The van der Waals surface area contributed by atoms with Crippen molar-refractivity contribution >= 4 is 29.5 Å². The van der Waals surface area contributed by atoms with Gasteiger partial charge in [0, 0.05) is 16.8 Å². The standard InChI is InChI=1S/C33H46N2O5S/c1-7-9-10-14-20-40-30(39)26-25-28(37)35(24(22-36)21-23-15-12-11-13-16-23)27(33(25)18-17-32(26,6)41-33)29(38)34(19-8-2)31(3,4)5/h7-8,11-13,15-16,24-27,36H,1-2,9-10,14,17-22H2,3-6H3/t24-,25+,26+,27?,32-,33?/m1/s1. The third-order valence-electron chi connectivity index (χ3n) is 9.06. The number of unbranched alkanes of at least 4 members (excludes halogenated alkanes) is 2. The lowest BCUT2D eigenvalue weighted by Gasteiger charge is -2.43. The van der Waals surface area contributed by atoms with Crippen molar-refractivity contribution in [1.82, 2.24) is 9.80 Å². The van der Waals surface area contributed by atoms with E-state index in [1.165, 1.54) is 0 Å². The Labute approximate surface area is 249 Å². The van der Waals surface area contributed by atoms with E-state index in [2.05, 4.69) is 13.2 Å². The monoisotopic (exact) mass is 582 g/mol. The molecule has 0 radical (unpaired) electrons. The summed E-state index contributed by atoms with van der Waals surface area (Å²) < 4.78 is 4.51. The number of benzene rings is 1. The molecule has 3 saturated heterocycles. The van der Waals surface area contributed by atoms with E-state index in [0.717, 1.165) is 31.2 Å². The average molecular weight is 583 g/mol. The van der Waals surface area contributed by atoms with E-state index in [1.54, 1.807) is 27.6 Å². The van der Waals surface area contributed by atoms with Gasteiger partial charge in [0.2, 0.25) is 11.8 Å². The zero-order valence-corrected chi connectivity index (χ0v) is 25.8. The third-order valence-corrected chi connectivity index (χ3v) is 11.0. The second-order valence-corrected chi connectivity index (χ2v) is 14.8. The maximum Gasteiger partial charge on any atom is 0.311 e. The van der Waals surface area contributed by atoms with Gasteiger partial charge in [0.15, 0.2) is 0 Å². The fourth-order valence-electron chi connectivity index (χ4n) is 7.16. The van der Waals surface area contributed by atoms with E-state index in [1.807, 2.05) is 64.1 Å². The highest BCUT2D eigenvalue weighted by Crippen LogP contribution is 2.72. The van der Waals surface area contributed by atoms with Crippen LogP contribution in [0.3, 0.4) is 0 Å². The van der Waals surface area contributed by atoms with Crippen molar-refractivity contribution in [1.29, 1.82) is 0 Å². The molecule has 2 bridgehead atoms. The Morgan fingerprint density at radius 3 is 2.51 bits per heavy atom. The van der Waals surface area contributed by atoms with Crippen molar-refractivity contribution in [3.8, 4) is 0 Å². The molecule has 1 aromatic carbocycles. The van der Waals surface area contributed by atoms with Crippen LogP contribution >= 0.6 is 11.8 Å². The summed E-state index contributed by atoms with van der Waals surface area (Å²) >= 11 is 1.63. The molecule has 41 heavy (non-hydrogen) atoms. The highest BCUT2D eigenvalue weighted by atomic mass is 32.2. The van der Waals surface area contributed by atoms with Crippen LogP contribution in [0.25, 0.3) is 0 Å². The van der Waals surface area contributed by atoms with Crippen molar-refractivity contribution in [3.05, 3.63) is 61.2 Å². The molecule has 0 saturated carbocycles. The van der Waals surface area contributed by atoms with Crippen LogP contribution in [0.2, 0.25) is 0 Å². The Morgan fingerprint density at radius 1 is 1.20 bits per heavy atom. The first-order valence-corrected chi connectivity index (χ1v) is 15.6. The zero-order chi connectivity index (χ0) is 30.0. The van der Waals surface area contributed by atoms with Crippen LogP contribution in [0.15, 0.2) is 55.6 Å². The summed E-state index contributed by atoms with van der Waals surface area (Å²) in [6.07, 6.45) is 7.81. The number of allylic oxidation sites excluding steroid dienone is 1. The first kappa shape index (κ1) is 31.4. The minimum atomic E-state index is -0.808. The van der Waals surface area contributed by atoms with Gasteiger partial charge in [-0.15, -0.1) is 24.9 Å². The van der Waals surface area contributed by atoms with Crippen LogP contribution < -0.4 is 0 Å². The Hall–Kier alpha value is -2.58. The molecule has 3 fully saturated rings. The highest BCUT2D eigenvalue weighted by molar-refractivity contribution is 8.02. The molecule has 3 heterocycles. The number of hydrogen-bond acceptors (Lipinski definition) is 6. The van der Waals surface area contributed by atoms with Gasteiger partial charge in [0.1, 0.15) is 6.04 Å². The number of thioether (sulfide) groups is 1. The molecule has 7 nitrogen and oxygen atoms in total. The molecule has 4 rings (SSSR count). The number of hydrogen-bond donors (Lipinski definition) is 1. The number of nitrogens with zero attached hydrogens (tertiary/aromatic N) is 2. The van der Waals surface area contributed by atoms with E-state index >= 15 is 0 Å². The molecule has 2 amide bonds. The normalized spacial score (nSPS) is 29.2. The summed E-state index contributed by atoms with van der Waals surface area (Å²) in [5, 5.41) is 10.7. The summed E-state index contributed by atoms with van der Waals surface area (Å²) in [5.41, 5.74) is 0.455. The Kier molecular flexibility index (Phi) is 9.44. The van der Waals surface area contributed by atoms with E-state index < -0.39 is 39.0 Å². The number of ether oxygens (including phenoxy) is 1.